The van der Waals surface area contributed by atoms with Crippen molar-refractivity contribution in [3.05, 3.63) is 11.1 Å². The summed E-state index contributed by atoms with van der Waals surface area (Å²) in [5.74, 6) is 0.329. The second kappa shape index (κ2) is 5.77. The van der Waals surface area contributed by atoms with Crippen LogP contribution in [0.25, 0.3) is 0 Å². The summed E-state index contributed by atoms with van der Waals surface area (Å²) >= 11 is 0. The zero-order chi connectivity index (χ0) is 13.9. The first kappa shape index (κ1) is 15.1. The van der Waals surface area contributed by atoms with Crippen LogP contribution in [0.15, 0.2) is 11.1 Å². The van der Waals surface area contributed by atoms with Crippen molar-refractivity contribution in [1.82, 2.24) is 0 Å². The zero-order valence-electron chi connectivity index (χ0n) is 12.5. The minimum Gasteiger partial charge on any atom is -0.434 e. The predicted octanol–water partition coefficient (Wildman–Crippen LogP) is 4.32. The molecule has 0 fully saturated rings. The summed E-state index contributed by atoms with van der Waals surface area (Å²) in [6.45, 7) is 12.9. The summed E-state index contributed by atoms with van der Waals surface area (Å²) in [4.78, 5) is 11.7. The van der Waals surface area contributed by atoms with E-state index >= 15 is 0 Å². The molecule has 0 saturated heterocycles. The van der Waals surface area contributed by atoms with E-state index in [1.807, 2.05) is 13.8 Å². The second-order valence-corrected chi connectivity index (χ2v) is 6.40. The lowest BCUT2D eigenvalue weighted by Gasteiger charge is -2.38. The van der Waals surface area contributed by atoms with Gasteiger partial charge in [-0.05, 0) is 38.2 Å². The highest BCUT2D eigenvalue weighted by Gasteiger charge is 2.38. The molecule has 104 valence electrons. The standard InChI is InChI=1S/C15H26O3/c1-10(2)9-17-14(16)18-13-12(4)11(3)7-8-15(13,5)6/h10,13H,7-9H2,1-6H3. The van der Waals surface area contributed by atoms with Gasteiger partial charge in [-0.15, -0.1) is 0 Å². The molecule has 0 radical (unpaired) electrons. The Kier molecular flexibility index (Phi) is 4.83. The first-order valence-corrected chi connectivity index (χ1v) is 6.73. The van der Waals surface area contributed by atoms with Crippen molar-refractivity contribution in [3.8, 4) is 0 Å². The van der Waals surface area contributed by atoms with Crippen LogP contribution in [0.3, 0.4) is 0 Å². The first-order valence-electron chi connectivity index (χ1n) is 6.73. The summed E-state index contributed by atoms with van der Waals surface area (Å²) in [6, 6.07) is 0. The van der Waals surface area contributed by atoms with Crippen LogP contribution in [0.1, 0.15) is 54.4 Å². The van der Waals surface area contributed by atoms with E-state index in [4.69, 9.17) is 9.47 Å². The van der Waals surface area contributed by atoms with Gasteiger partial charge in [-0.25, -0.2) is 4.79 Å². The van der Waals surface area contributed by atoms with E-state index in [1.165, 1.54) is 11.1 Å². The Bertz CT molecular complexity index is 340. The van der Waals surface area contributed by atoms with E-state index in [2.05, 4.69) is 27.7 Å². The van der Waals surface area contributed by atoms with Crippen molar-refractivity contribution in [2.45, 2.75) is 60.5 Å². The molecule has 0 heterocycles. The van der Waals surface area contributed by atoms with Gasteiger partial charge >= 0.3 is 6.16 Å². The Balaban J connectivity index is 2.68. The van der Waals surface area contributed by atoms with Gasteiger partial charge in [0.05, 0.1) is 6.61 Å². The molecule has 1 aliphatic carbocycles. The zero-order valence-corrected chi connectivity index (χ0v) is 12.5. The van der Waals surface area contributed by atoms with Crippen LogP contribution in [0, 0.1) is 11.3 Å². The Labute approximate surface area is 111 Å². The SMILES string of the molecule is CC1=C(C)C(OC(=O)OCC(C)C)C(C)(C)CC1. The maximum absolute atomic E-state index is 11.7. The maximum Gasteiger partial charge on any atom is 0.508 e. The molecule has 1 rings (SSSR count). The van der Waals surface area contributed by atoms with Crippen LogP contribution in [0.2, 0.25) is 0 Å². The third-order valence-electron chi connectivity index (χ3n) is 3.67. The van der Waals surface area contributed by atoms with Crippen molar-refractivity contribution in [3.63, 3.8) is 0 Å². The number of rotatable bonds is 3. The number of carbonyl (C=O) groups excluding carboxylic acids is 1. The van der Waals surface area contributed by atoms with Crippen molar-refractivity contribution in [1.29, 1.82) is 0 Å². The first-order chi connectivity index (χ1) is 8.24. The molecule has 0 saturated carbocycles. The third kappa shape index (κ3) is 3.76. The highest BCUT2D eigenvalue weighted by atomic mass is 16.7. The lowest BCUT2D eigenvalue weighted by atomic mass is 9.72. The molecule has 0 aromatic heterocycles. The van der Waals surface area contributed by atoms with E-state index in [1.54, 1.807) is 0 Å². The molecular formula is C15H26O3. The van der Waals surface area contributed by atoms with E-state index in [0.29, 0.717) is 12.5 Å². The average Bonchev–Trinajstić information content (AvgIpc) is 2.27. The lowest BCUT2D eigenvalue weighted by molar-refractivity contribution is -0.0163. The Hall–Kier alpha value is -0.990. The quantitative estimate of drug-likeness (QED) is 0.556. The van der Waals surface area contributed by atoms with Crippen molar-refractivity contribution >= 4 is 6.16 Å². The highest BCUT2D eigenvalue weighted by molar-refractivity contribution is 5.60. The van der Waals surface area contributed by atoms with Gasteiger partial charge in [-0.2, -0.15) is 0 Å². The topological polar surface area (TPSA) is 35.5 Å². The monoisotopic (exact) mass is 254 g/mol. The molecule has 0 aromatic rings. The van der Waals surface area contributed by atoms with Crippen molar-refractivity contribution in [2.24, 2.45) is 11.3 Å². The summed E-state index contributed by atoms with van der Waals surface area (Å²) in [5, 5.41) is 0. The highest BCUT2D eigenvalue weighted by Crippen LogP contribution is 2.40. The van der Waals surface area contributed by atoms with Crippen LogP contribution in [-0.4, -0.2) is 18.9 Å². The van der Waals surface area contributed by atoms with Gasteiger partial charge in [0.1, 0.15) is 6.10 Å². The van der Waals surface area contributed by atoms with Crippen LogP contribution >= 0.6 is 0 Å². The number of hydrogen-bond donors (Lipinski definition) is 0. The molecule has 18 heavy (non-hydrogen) atoms. The average molecular weight is 254 g/mol. The van der Waals surface area contributed by atoms with Gasteiger partial charge < -0.3 is 9.47 Å². The van der Waals surface area contributed by atoms with Gasteiger partial charge in [-0.3, -0.25) is 0 Å². The minimum atomic E-state index is -0.546. The molecule has 0 aromatic carbocycles. The molecule has 0 spiro atoms. The van der Waals surface area contributed by atoms with Crippen LogP contribution in [0.5, 0.6) is 0 Å². The fourth-order valence-corrected chi connectivity index (χ4v) is 2.26. The van der Waals surface area contributed by atoms with Gasteiger partial charge in [0.15, 0.2) is 0 Å². The predicted molar refractivity (Wildman–Crippen MR) is 72.4 cm³/mol. The molecule has 0 amide bonds. The Morgan fingerprint density at radius 3 is 2.56 bits per heavy atom. The smallest absolute Gasteiger partial charge is 0.434 e. The lowest BCUT2D eigenvalue weighted by Crippen LogP contribution is -2.38. The number of ether oxygens (including phenoxy) is 2. The molecule has 1 aliphatic rings. The van der Waals surface area contributed by atoms with Crippen LogP contribution < -0.4 is 0 Å². The van der Waals surface area contributed by atoms with Gasteiger partial charge in [0.25, 0.3) is 0 Å². The second-order valence-electron chi connectivity index (χ2n) is 6.40. The number of carbonyl (C=O) groups is 1. The largest absolute Gasteiger partial charge is 0.508 e. The van der Waals surface area contributed by atoms with Crippen molar-refractivity contribution in [2.75, 3.05) is 6.61 Å². The molecular weight excluding hydrogens is 228 g/mol. The van der Waals surface area contributed by atoms with Crippen molar-refractivity contribution < 1.29 is 14.3 Å². The van der Waals surface area contributed by atoms with E-state index in [9.17, 15) is 4.79 Å². The van der Waals surface area contributed by atoms with E-state index in [-0.39, 0.29) is 11.5 Å². The maximum atomic E-state index is 11.7. The van der Waals surface area contributed by atoms with Crippen LogP contribution in [-0.2, 0) is 9.47 Å². The summed E-state index contributed by atoms with van der Waals surface area (Å²) in [5.41, 5.74) is 2.49. The van der Waals surface area contributed by atoms with Gasteiger partial charge in [-0.1, -0.05) is 33.3 Å². The minimum absolute atomic E-state index is 0.0134. The summed E-state index contributed by atoms with van der Waals surface area (Å²) in [7, 11) is 0. The molecule has 3 heteroatoms. The summed E-state index contributed by atoms with van der Waals surface area (Å²) < 4.78 is 10.6. The summed E-state index contributed by atoms with van der Waals surface area (Å²) in [6.07, 6.45) is 1.42. The molecule has 1 atom stereocenters. The molecule has 0 N–H and O–H groups in total. The molecule has 0 aliphatic heterocycles. The molecule has 3 nitrogen and oxygen atoms in total. The number of hydrogen-bond acceptors (Lipinski definition) is 3. The molecule has 0 bridgehead atoms. The van der Waals surface area contributed by atoms with Crippen LogP contribution in [0.4, 0.5) is 4.79 Å². The Morgan fingerprint density at radius 1 is 1.39 bits per heavy atom. The third-order valence-corrected chi connectivity index (χ3v) is 3.67. The van der Waals surface area contributed by atoms with Gasteiger partial charge in [0, 0.05) is 5.41 Å². The normalized spacial score (nSPS) is 23.2. The van der Waals surface area contributed by atoms with Gasteiger partial charge in [0.2, 0.25) is 0 Å². The fraction of sp³-hybridized carbons (Fsp3) is 0.800. The Morgan fingerprint density at radius 2 is 2.00 bits per heavy atom. The molecule has 1 unspecified atom stereocenters. The fourth-order valence-electron chi connectivity index (χ4n) is 2.26. The number of allylic oxidation sites excluding steroid dienone is 1. The van der Waals surface area contributed by atoms with E-state index < -0.39 is 6.16 Å². The van der Waals surface area contributed by atoms with E-state index in [0.717, 1.165) is 12.8 Å².